The lowest BCUT2D eigenvalue weighted by Crippen LogP contribution is -1.97. The van der Waals surface area contributed by atoms with E-state index < -0.39 is 0 Å². The lowest BCUT2D eigenvalue weighted by atomic mass is 10.1. The number of benzene rings is 1. The minimum Gasteiger partial charge on any atom is -0.462 e. The van der Waals surface area contributed by atoms with Crippen LogP contribution in [0.5, 0.6) is 0 Å². The van der Waals surface area contributed by atoms with Gasteiger partial charge in [-0.25, -0.2) is 0 Å². The molecular formula is C14H9ClN4OS. The largest absolute Gasteiger partial charge is 0.462 e. The van der Waals surface area contributed by atoms with Crippen LogP contribution in [0.1, 0.15) is 11.4 Å². The van der Waals surface area contributed by atoms with Gasteiger partial charge in [0.05, 0.1) is 6.26 Å². The molecule has 4 aromatic rings. The highest BCUT2D eigenvalue weighted by Gasteiger charge is 2.14. The Balaban J connectivity index is 1.71. The highest BCUT2D eigenvalue weighted by atomic mass is 35.5. The number of furan rings is 1. The van der Waals surface area contributed by atoms with E-state index in [-0.39, 0.29) is 0 Å². The standard InChI is InChI=1S/C14H9ClN4OS/c15-10-5-3-9(4-6-10)8-12-16-17-14-19(12)18-13(21-14)11-2-1-7-20-11/h1-7H,8H2. The summed E-state index contributed by atoms with van der Waals surface area (Å²) < 4.78 is 7.12. The van der Waals surface area contributed by atoms with Gasteiger partial charge in [0.25, 0.3) is 0 Å². The molecule has 0 bridgehead atoms. The van der Waals surface area contributed by atoms with Crippen LogP contribution in [0.2, 0.25) is 5.02 Å². The summed E-state index contributed by atoms with van der Waals surface area (Å²) in [5.41, 5.74) is 1.11. The van der Waals surface area contributed by atoms with Crippen molar-refractivity contribution in [2.24, 2.45) is 0 Å². The van der Waals surface area contributed by atoms with Crippen LogP contribution in [0.25, 0.3) is 15.7 Å². The summed E-state index contributed by atoms with van der Waals surface area (Å²) in [6.45, 7) is 0. The monoisotopic (exact) mass is 316 g/mol. The molecule has 0 N–H and O–H groups in total. The Labute approximate surface area is 128 Å². The maximum Gasteiger partial charge on any atom is 0.235 e. The topological polar surface area (TPSA) is 56.2 Å². The molecule has 4 rings (SSSR count). The fourth-order valence-electron chi connectivity index (χ4n) is 2.05. The third-order valence-corrected chi connectivity index (χ3v) is 4.23. The second kappa shape index (κ2) is 4.98. The normalized spacial score (nSPS) is 11.3. The van der Waals surface area contributed by atoms with Crippen molar-refractivity contribution in [3.8, 4) is 10.8 Å². The molecule has 0 spiro atoms. The van der Waals surface area contributed by atoms with Crippen molar-refractivity contribution in [1.82, 2.24) is 19.8 Å². The van der Waals surface area contributed by atoms with Crippen molar-refractivity contribution in [1.29, 1.82) is 0 Å². The second-order valence-corrected chi connectivity index (χ2v) is 5.89. The lowest BCUT2D eigenvalue weighted by molar-refractivity contribution is 0.580. The van der Waals surface area contributed by atoms with E-state index in [1.165, 1.54) is 11.3 Å². The molecule has 0 unspecified atom stereocenters. The van der Waals surface area contributed by atoms with Crippen molar-refractivity contribution < 1.29 is 4.42 Å². The fraction of sp³-hybridized carbons (Fsp3) is 0.0714. The minimum atomic E-state index is 0.652. The molecule has 3 heterocycles. The Morgan fingerprint density at radius 2 is 2.00 bits per heavy atom. The molecule has 0 saturated carbocycles. The highest BCUT2D eigenvalue weighted by Crippen LogP contribution is 2.26. The molecule has 104 valence electrons. The summed E-state index contributed by atoms with van der Waals surface area (Å²) in [6, 6.07) is 11.4. The molecule has 0 atom stereocenters. The molecule has 0 radical (unpaired) electrons. The van der Waals surface area contributed by atoms with Crippen molar-refractivity contribution in [2.75, 3.05) is 0 Å². The molecule has 0 amide bonds. The van der Waals surface area contributed by atoms with Crippen LogP contribution >= 0.6 is 22.9 Å². The van der Waals surface area contributed by atoms with Gasteiger partial charge < -0.3 is 4.42 Å². The zero-order valence-electron chi connectivity index (χ0n) is 10.7. The Kier molecular flexibility index (Phi) is 2.98. The predicted molar refractivity (Wildman–Crippen MR) is 80.6 cm³/mol. The van der Waals surface area contributed by atoms with Crippen LogP contribution in [0.15, 0.2) is 47.1 Å². The first-order valence-electron chi connectivity index (χ1n) is 6.29. The van der Waals surface area contributed by atoms with Gasteiger partial charge in [0.15, 0.2) is 16.6 Å². The molecule has 7 heteroatoms. The summed E-state index contributed by atoms with van der Waals surface area (Å²) in [7, 11) is 0. The van der Waals surface area contributed by atoms with E-state index in [1.807, 2.05) is 36.4 Å². The summed E-state index contributed by atoms with van der Waals surface area (Å²) in [6.07, 6.45) is 2.28. The zero-order valence-corrected chi connectivity index (χ0v) is 12.3. The first-order chi connectivity index (χ1) is 10.3. The molecule has 0 fully saturated rings. The van der Waals surface area contributed by atoms with Crippen molar-refractivity contribution >= 4 is 27.9 Å². The Hall–Kier alpha value is -2.18. The molecule has 0 aliphatic heterocycles. The van der Waals surface area contributed by atoms with Crippen LogP contribution < -0.4 is 0 Å². The average molecular weight is 317 g/mol. The van der Waals surface area contributed by atoms with E-state index in [4.69, 9.17) is 16.0 Å². The predicted octanol–water partition coefficient (Wildman–Crippen LogP) is 3.69. The third kappa shape index (κ3) is 2.32. The smallest absolute Gasteiger partial charge is 0.235 e. The number of nitrogens with zero attached hydrogens (tertiary/aromatic N) is 4. The maximum atomic E-state index is 5.89. The summed E-state index contributed by atoms with van der Waals surface area (Å²) >= 11 is 7.35. The van der Waals surface area contributed by atoms with Crippen LogP contribution in [0.3, 0.4) is 0 Å². The number of hydrogen-bond donors (Lipinski definition) is 0. The van der Waals surface area contributed by atoms with Gasteiger partial charge in [0, 0.05) is 11.4 Å². The van der Waals surface area contributed by atoms with E-state index in [0.717, 1.165) is 32.1 Å². The first kappa shape index (κ1) is 12.6. The van der Waals surface area contributed by atoms with Gasteiger partial charge in [-0.15, -0.1) is 15.3 Å². The molecule has 0 saturated heterocycles. The average Bonchev–Trinajstić information content (AvgIpc) is 3.18. The van der Waals surface area contributed by atoms with Gasteiger partial charge in [-0.2, -0.15) is 4.52 Å². The molecule has 5 nitrogen and oxygen atoms in total. The van der Waals surface area contributed by atoms with E-state index in [1.54, 1.807) is 10.8 Å². The molecule has 0 aliphatic carbocycles. The molecule has 1 aromatic carbocycles. The number of halogens is 1. The van der Waals surface area contributed by atoms with E-state index in [2.05, 4.69) is 15.3 Å². The van der Waals surface area contributed by atoms with Crippen LogP contribution in [0, 0.1) is 0 Å². The van der Waals surface area contributed by atoms with Crippen LogP contribution in [0.4, 0.5) is 0 Å². The highest BCUT2D eigenvalue weighted by molar-refractivity contribution is 7.19. The molecule has 0 aliphatic rings. The zero-order chi connectivity index (χ0) is 14.2. The van der Waals surface area contributed by atoms with Crippen LogP contribution in [-0.2, 0) is 6.42 Å². The number of rotatable bonds is 3. The van der Waals surface area contributed by atoms with Crippen molar-refractivity contribution in [2.45, 2.75) is 6.42 Å². The summed E-state index contributed by atoms with van der Waals surface area (Å²) in [4.78, 5) is 0.755. The number of aromatic nitrogens is 4. The van der Waals surface area contributed by atoms with E-state index >= 15 is 0 Å². The Morgan fingerprint density at radius 1 is 1.14 bits per heavy atom. The first-order valence-corrected chi connectivity index (χ1v) is 7.48. The Morgan fingerprint density at radius 3 is 2.76 bits per heavy atom. The Bertz CT molecular complexity index is 880. The maximum absolute atomic E-state index is 5.89. The fourth-order valence-corrected chi connectivity index (χ4v) is 3.00. The number of hydrogen-bond acceptors (Lipinski definition) is 5. The van der Waals surface area contributed by atoms with Crippen molar-refractivity contribution in [3.63, 3.8) is 0 Å². The third-order valence-electron chi connectivity index (χ3n) is 3.06. The summed E-state index contributed by atoms with van der Waals surface area (Å²) in [5.74, 6) is 1.53. The van der Waals surface area contributed by atoms with E-state index in [9.17, 15) is 0 Å². The van der Waals surface area contributed by atoms with Gasteiger partial charge in [-0.05, 0) is 29.8 Å². The second-order valence-electron chi connectivity index (χ2n) is 4.50. The summed E-state index contributed by atoms with van der Waals surface area (Å²) in [5, 5.41) is 14.4. The molecule has 3 aromatic heterocycles. The molecule has 21 heavy (non-hydrogen) atoms. The SMILES string of the molecule is Clc1ccc(Cc2nnc3sc(-c4ccco4)nn23)cc1. The van der Waals surface area contributed by atoms with Gasteiger partial charge >= 0.3 is 0 Å². The lowest BCUT2D eigenvalue weighted by Gasteiger charge is -1.98. The van der Waals surface area contributed by atoms with Gasteiger partial charge in [-0.1, -0.05) is 35.1 Å². The quantitative estimate of drug-likeness (QED) is 0.578. The van der Waals surface area contributed by atoms with Gasteiger partial charge in [0.1, 0.15) is 0 Å². The van der Waals surface area contributed by atoms with E-state index in [0.29, 0.717) is 6.42 Å². The van der Waals surface area contributed by atoms with Gasteiger partial charge in [0.2, 0.25) is 4.96 Å². The van der Waals surface area contributed by atoms with Gasteiger partial charge in [-0.3, -0.25) is 0 Å². The number of fused-ring (bicyclic) bond motifs is 1. The van der Waals surface area contributed by atoms with Crippen LogP contribution in [-0.4, -0.2) is 19.8 Å². The molecular weight excluding hydrogens is 308 g/mol. The minimum absolute atomic E-state index is 0.652. The van der Waals surface area contributed by atoms with Crippen molar-refractivity contribution in [3.05, 3.63) is 59.1 Å².